The molecule has 7 heteroatoms. The van der Waals surface area contributed by atoms with E-state index in [0.29, 0.717) is 37.8 Å². The molecule has 1 N–H and O–H groups in total. The summed E-state index contributed by atoms with van der Waals surface area (Å²) < 4.78 is 7.08. The lowest BCUT2D eigenvalue weighted by molar-refractivity contribution is -0.137. The Morgan fingerprint density at radius 3 is 2.62 bits per heavy atom. The first-order valence-electron chi connectivity index (χ1n) is 9.71. The highest BCUT2D eigenvalue weighted by Gasteiger charge is 2.20. The van der Waals surface area contributed by atoms with Crippen molar-refractivity contribution in [3.8, 4) is 5.75 Å². The number of hydrogen-bond acceptors (Lipinski definition) is 4. The number of halogens is 1. The van der Waals surface area contributed by atoms with E-state index in [2.05, 4.69) is 0 Å². The third-order valence-electron chi connectivity index (χ3n) is 5.46. The molecule has 5 nitrogen and oxygen atoms in total. The molecule has 0 bridgehead atoms. The largest absolute Gasteiger partial charge is 0.493 e. The Labute approximate surface area is 177 Å². The summed E-state index contributed by atoms with van der Waals surface area (Å²) in [6, 6.07) is 8.94. The lowest BCUT2D eigenvalue weighted by atomic mass is 10.0. The van der Waals surface area contributed by atoms with Crippen LogP contribution >= 0.6 is 23.4 Å². The number of ether oxygens (including phenoxy) is 1. The van der Waals surface area contributed by atoms with Crippen LogP contribution in [0.4, 0.5) is 0 Å². The average molecular weight is 432 g/mol. The molecule has 0 atom stereocenters. The van der Waals surface area contributed by atoms with Crippen molar-refractivity contribution in [3.05, 3.63) is 45.6 Å². The topological polar surface area (TPSA) is 68.5 Å². The van der Waals surface area contributed by atoms with E-state index in [9.17, 15) is 14.7 Å². The molecule has 2 aromatic carbocycles. The molecule has 29 heavy (non-hydrogen) atoms. The van der Waals surface area contributed by atoms with Gasteiger partial charge in [-0.2, -0.15) is 0 Å². The number of benzene rings is 2. The highest BCUT2D eigenvalue weighted by Crippen LogP contribution is 2.37. The number of aliphatic carboxylic acids is 1. The van der Waals surface area contributed by atoms with Crippen LogP contribution in [-0.2, 0) is 11.3 Å². The van der Waals surface area contributed by atoms with Gasteiger partial charge in [0.05, 0.1) is 28.6 Å². The molecule has 1 heterocycles. The van der Waals surface area contributed by atoms with Crippen LogP contribution in [0, 0.1) is 0 Å². The zero-order chi connectivity index (χ0) is 20.5. The Bertz CT molecular complexity index is 1150. The van der Waals surface area contributed by atoms with E-state index in [4.69, 9.17) is 16.3 Å². The Morgan fingerprint density at radius 2 is 1.93 bits per heavy atom. The molecule has 1 aliphatic carbocycles. The van der Waals surface area contributed by atoms with Crippen LogP contribution in [0.3, 0.4) is 0 Å². The van der Waals surface area contributed by atoms with Gasteiger partial charge in [0.1, 0.15) is 6.54 Å². The number of hydrogen-bond donors (Lipinski definition) is 1. The maximum absolute atomic E-state index is 13.1. The number of thioether (sulfide) groups is 1. The first kappa shape index (κ1) is 20.1. The fourth-order valence-electron chi connectivity index (χ4n) is 4.13. The number of carboxylic acid groups (broad SMARTS) is 1. The van der Waals surface area contributed by atoms with Crippen LogP contribution in [0.2, 0.25) is 5.02 Å². The number of rotatable bonds is 5. The Balaban J connectivity index is 1.97. The van der Waals surface area contributed by atoms with Crippen molar-refractivity contribution in [2.24, 2.45) is 0 Å². The first-order chi connectivity index (χ1) is 14.0. The second-order valence-corrected chi connectivity index (χ2v) is 9.12. The molecule has 1 fully saturated rings. The first-order valence-corrected chi connectivity index (χ1v) is 11.0. The minimum Gasteiger partial charge on any atom is -0.493 e. The number of nitrogens with zero attached hydrogens (tertiary/aromatic N) is 1. The van der Waals surface area contributed by atoms with Gasteiger partial charge < -0.3 is 14.4 Å². The van der Waals surface area contributed by atoms with E-state index in [1.165, 1.54) is 39.2 Å². The fourth-order valence-corrected chi connectivity index (χ4v) is 5.64. The van der Waals surface area contributed by atoms with E-state index in [1.807, 2.05) is 30.0 Å². The van der Waals surface area contributed by atoms with Crippen molar-refractivity contribution in [3.63, 3.8) is 0 Å². The second kappa shape index (κ2) is 8.28. The summed E-state index contributed by atoms with van der Waals surface area (Å²) >= 11 is 8.09. The number of carbonyl (C=O) groups is 1. The van der Waals surface area contributed by atoms with Crippen molar-refractivity contribution >= 4 is 51.1 Å². The van der Waals surface area contributed by atoms with Crippen molar-refractivity contribution in [1.29, 1.82) is 0 Å². The average Bonchev–Trinajstić information content (AvgIpc) is 2.71. The summed E-state index contributed by atoms with van der Waals surface area (Å²) in [6.45, 7) is -0.290. The number of aromatic nitrogens is 1. The Hall–Kier alpha value is -2.18. The van der Waals surface area contributed by atoms with Gasteiger partial charge in [0, 0.05) is 15.5 Å². The van der Waals surface area contributed by atoms with Crippen LogP contribution < -0.4 is 10.2 Å². The molecule has 0 saturated heterocycles. The van der Waals surface area contributed by atoms with E-state index < -0.39 is 5.97 Å². The van der Waals surface area contributed by atoms with Crippen LogP contribution in [0.15, 0.2) is 40.0 Å². The summed E-state index contributed by atoms with van der Waals surface area (Å²) in [7, 11) is 1.47. The molecule has 0 amide bonds. The summed E-state index contributed by atoms with van der Waals surface area (Å²) in [5.74, 6) is -0.682. The van der Waals surface area contributed by atoms with Crippen molar-refractivity contribution in [2.45, 2.75) is 48.8 Å². The predicted molar refractivity (Wildman–Crippen MR) is 118 cm³/mol. The molecule has 1 aromatic heterocycles. The van der Waals surface area contributed by atoms with E-state index in [-0.39, 0.29) is 12.0 Å². The van der Waals surface area contributed by atoms with Gasteiger partial charge in [0.15, 0.2) is 11.2 Å². The lowest BCUT2D eigenvalue weighted by Crippen LogP contribution is -2.17. The van der Waals surface area contributed by atoms with Gasteiger partial charge in [-0.25, -0.2) is 0 Å². The monoisotopic (exact) mass is 431 g/mol. The summed E-state index contributed by atoms with van der Waals surface area (Å²) in [4.78, 5) is 25.8. The second-order valence-electron chi connectivity index (χ2n) is 7.34. The highest BCUT2D eigenvalue weighted by molar-refractivity contribution is 8.00. The van der Waals surface area contributed by atoms with Crippen LogP contribution in [0.5, 0.6) is 5.75 Å². The Morgan fingerprint density at radius 1 is 1.21 bits per heavy atom. The smallest absolute Gasteiger partial charge is 0.323 e. The maximum Gasteiger partial charge on any atom is 0.323 e. The predicted octanol–water partition coefficient (Wildman–Crippen LogP) is 5.33. The molecular weight excluding hydrogens is 410 g/mol. The molecule has 0 unspecified atom stereocenters. The van der Waals surface area contributed by atoms with E-state index >= 15 is 0 Å². The van der Waals surface area contributed by atoms with Gasteiger partial charge in [-0.05, 0) is 43.2 Å². The number of carboxylic acids is 1. The fraction of sp³-hybridized carbons (Fsp3) is 0.364. The SMILES string of the molecule is COc1c(Cl)ccc2c(=O)c3ccc(SC4CCCCC4)cc3n(CC(=O)O)c12. The number of fused-ring (bicyclic) bond motifs is 2. The Kier molecular flexibility index (Phi) is 5.74. The minimum atomic E-state index is -0.997. The third-order valence-corrected chi connectivity index (χ3v) is 7.08. The van der Waals surface area contributed by atoms with Gasteiger partial charge in [0.2, 0.25) is 0 Å². The molecule has 1 aliphatic rings. The molecule has 152 valence electrons. The zero-order valence-corrected chi connectivity index (χ0v) is 17.7. The normalized spacial score (nSPS) is 15.1. The van der Waals surface area contributed by atoms with Crippen molar-refractivity contribution in [1.82, 2.24) is 4.57 Å². The van der Waals surface area contributed by atoms with Gasteiger partial charge in [-0.15, -0.1) is 11.8 Å². The number of methoxy groups -OCH3 is 1. The van der Waals surface area contributed by atoms with Gasteiger partial charge in [-0.1, -0.05) is 30.9 Å². The third kappa shape index (κ3) is 3.83. The lowest BCUT2D eigenvalue weighted by Gasteiger charge is -2.21. The van der Waals surface area contributed by atoms with Gasteiger partial charge in [-0.3, -0.25) is 9.59 Å². The summed E-state index contributed by atoms with van der Waals surface area (Å²) in [5, 5.41) is 11.3. The molecule has 0 spiro atoms. The summed E-state index contributed by atoms with van der Waals surface area (Å²) in [5.41, 5.74) is 0.854. The maximum atomic E-state index is 13.1. The quantitative estimate of drug-likeness (QED) is 0.553. The molecule has 3 aromatic rings. The van der Waals surface area contributed by atoms with Gasteiger partial charge >= 0.3 is 5.97 Å². The molecular formula is C22H22ClNO4S. The minimum absolute atomic E-state index is 0.152. The molecule has 4 rings (SSSR count). The molecule has 1 saturated carbocycles. The zero-order valence-electron chi connectivity index (χ0n) is 16.1. The van der Waals surface area contributed by atoms with E-state index in [1.54, 1.807) is 16.7 Å². The van der Waals surface area contributed by atoms with E-state index in [0.717, 1.165) is 4.90 Å². The van der Waals surface area contributed by atoms with Crippen LogP contribution in [-0.4, -0.2) is 28.0 Å². The van der Waals surface area contributed by atoms with Crippen molar-refractivity contribution in [2.75, 3.05) is 7.11 Å². The van der Waals surface area contributed by atoms with Gasteiger partial charge in [0.25, 0.3) is 0 Å². The molecule has 0 radical (unpaired) electrons. The molecule has 0 aliphatic heterocycles. The standard InChI is InChI=1S/C22H22ClNO4S/c1-28-22-17(23)10-9-16-20(22)24(12-19(25)26)18-11-14(7-8-15(18)21(16)27)29-13-5-3-2-4-6-13/h7-11,13H,2-6,12H2,1H3,(H,25,26). The van der Waals surface area contributed by atoms with Crippen molar-refractivity contribution < 1.29 is 14.6 Å². The van der Waals surface area contributed by atoms with Crippen LogP contribution in [0.25, 0.3) is 21.8 Å². The summed E-state index contributed by atoms with van der Waals surface area (Å²) in [6.07, 6.45) is 6.15. The number of pyridine rings is 1. The van der Waals surface area contributed by atoms with Crippen LogP contribution in [0.1, 0.15) is 32.1 Å². The highest BCUT2D eigenvalue weighted by atomic mass is 35.5.